The maximum Gasteiger partial charge on any atom is 0.333 e. The predicted octanol–water partition coefficient (Wildman–Crippen LogP) is 5.37. The fraction of sp³-hybridized carbons (Fsp3) is 0.645. The van der Waals surface area contributed by atoms with E-state index in [1.54, 1.807) is 50.7 Å². The van der Waals surface area contributed by atoms with Crippen molar-refractivity contribution in [1.29, 1.82) is 0 Å². The first-order valence-corrected chi connectivity index (χ1v) is 14.7. The first kappa shape index (κ1) is 34.7. The van der Waals surface area contributed by atoms with Gasteiger partial charge in [0.25, 0.3) is 0 Å². The molecule has 0 heterocycles. The summed E-state index contributed by atoms with van der Waals surface area (Å²) in [4.78, 5) is 41.5. The maximum atomic E-state index is 13.9. The van der Waals surface area contributed by atoms with Crippen molar-refractivity contribution in [2.24, 2.45) is 11.3 Å². The highest BCUT2D eigenvalue weighted by molar-refractivity contribution is 8.00. The number of nitrogens with one attached hydrogen (secondary N) is 2. The molecule has 0 spiro atoms. The Morgan fingerprint density at radius 2 is 1.59 bits per heavy atom. The average Bonchev–Trinajstić information content (AvgIpc) is 2.84. The minimum absolute atomic E-state index is 0.0412. The fourth-order valence-electron chi connectivity index (χ4n) is 4.66. The van der Waals surface area contributed by atoms with E-state index in [-0.39, 0.29) is 35.6 Å². The first-order chi connectivity index (χ1) is 18.0. The number of hydrogen-bond acceptors (Lipinski definition) is 6. The van der Waals surface area contributed by atoms with Gasteiger partial charge in [-0.15, -0.1) is 11.8 Å². The van der Waals surface area contributed by atoms with Crippen LogP contribution in [-0.2, 0) is 19.1 Å². The Morgan fingerprint density at radius 1 is 1.03 bits per heavy atom. The molecule has 1 rings (SSSR count). The molecule has 2 amide bonds. The van der Waals surface area contributed by atoms with Gasteiger partial charge < -0.3 is 20.3 Å². The molecule has 7 nitrogen and oxygen atoms in total. The van der Waals surface area contributed by atoms with Crippen LogP contribution in [0.3, 0.4) is 0 Å². The van der Waals surface area contributed by atoms with Crippen molar-refractivity contribution in [3.8, 4) is 0 Å². The summed E-state index contributed by atoms with van der Waals surface area (Å²) in [6.45, 7) is 19.8. The van der Waals surface area contributed by atoms with E-state index in [1.165, 1.54) is 5.56 Å². The molecule has 1 aromatic carbocycles. The number of hydrogen-bond donors (Lipinski definition) is 2. The first-order valence-electron chi connectivity index (χ1n) is 13.8. The van der Waals surface area contributed by atoms with Crippen LogP contribution in [0.1, 0.15) is 80.1 Å². The fourth-order valence-corrected chi connectivity index (χ4v) is 6.22. The molecule has 2 N–H and O–H groups in total. The Labute approximate surface area is 240 Å². The van der Waals surface area contributed by atoms with Crippen LogP contribution >= 0.6 is 11.8 Å². The van der Waals surface area contributed by atoms with Crippen LogP contribution in [0.2, 0.25) is 0 Å². The molecule has 1 aromatic rings. The molecule has 0 aliphatic carbocycles. The minimum Gasteiger partial charge on any atom is -0.463 e. The normalized spacial score (nSPS) is 15.8. The van der Waals surface area contributed by atoms with E-state index in [4.69, 9.17) is 4.74 Å². The lowest BCUT2D eigenvalue weighted by Crippen LogP contribution is -2.61. The Kier molecular flexibility index (Phi) is 13.3. The number of ether oxygens (including phenoxy) is 1. The zero-order chi connectivity index (χ0) is 30.1. The van der Waals surface area contributed by atoms with Crippen LogP contribution in [0.4, 0.5) is 0 Å². The average molecular weight is 562 g/mol. The highest BCUT2D eigenvalue weighted by Crippen LogP contribution is 2.40. The number of carbonyl (C=O) groups excluding carboxylic acids is 3. The molecule has 39 heavy (non-hydrogen) atoms. The van der Waals surface area contributed by atoms with Crippen molar-refractivity contribution in [2.75, 3.05) is 20.7 Å². The molecule has 0 radical (unpaired) electrons. The zero-order valence-electron chi connectivity index (χ0n) is 26.0. The van der Waals surface area contributed by atoms with E-state index in [9.17, 15) is 14.4 Å². The second-order valence-corrected chi connectivity index (χ2v) is 14.1. The van der Waals surface area contributed by atoms with Crippen molar-refractivity contribution in [3.05, 3.63) is 47.5 Å². The number of nitrogens with zero attached hydrogens (tertiary/aromatic N) is 1. The van der Waals surface area contributed by atoms with Crippen LogP contribution in [0.5, 0.6) is 0 Å². The van der Waals surface area contributed by atoms with Crippen LogP contribution in [0.15, 0.2) is 42.0 Å². The smallest absolute Gasteiger partial charge is 0.333 e. The number of esters is 1. The third-order valence-electron chi connectivity index (χ3n) is 6.89. The van der Waals surface area contributed by atoms with Crippen LogP contribution in [0, 0.1) is 11.3 Å². The van der Waals surface area contributed by atoms with Gasteiger partial charge in [-0.25, -0.2) is 4.79 Å². The standard InChI is InChI=1S/C31H51N3O4S/c1-13-38-29(37)21(4)19-24(20(2)3)34(12)28(36)26(30(6,7)8)33-27(35)25(32-11)31(9,10)39-22(5)23-17-15-14-16-18-23/h14-20,22,24-26,32H,13H2,1-12H3,(H,33,35)/b21-19+/t22-,24-,25?,26-/m1/s1. The Balaban J connectivity index is 3.22. The molecular formula is C31H51N3O4S. The largest absolute Gasteiger partial charge is 0.463 e. The third-order valence-corrected chi connectivity index (χ3v) is 8.36. The molecule has 0 bridgehead atoms. The van der Waals surface area contributed by atoms with Gasteiger partial charge in [0.2, 0.25) is 11.8 Å². The van der Waals surface area contributed by atoms with Gasteiger partial charge in [0.1, 0.15) is 12.1 Å². The maximum absolute atomic E-state index is 13.9. The topological polar surface area (TPSA) is 87.7 Å². The lowest BCUT2D eigenvalue weighted by Gasteiger charge is -2.40. The van der Waals surface area contributed by atoms with Gasteiger partial charge in [0.15, 0.2) is 0 Å². The van der Waals surface area contributed by atoms with E-state index in [2.05, 4.69) is 43.5 Å². The van der Waals surface area contributed by atoms with Gasteiger partial charge in [0, 0.05) is 22.6 Å². The molecule has 0 fully saturated rings. The highest BCUT2D eigenvalue weighted by Gasteiger charge is 2.42. The quantitative estimate of drug-likeness (QED) is 0.249. The van der Waals surface area contributed by atoms with E-state index < -0.39 is 28.2 Å². The zero-order valence-corrected chi connectivity index (χ0v) is 26.9. The second-order valence-electron chi connectivity index (χ2n) is 12.1. The van der Waals surface area contributed by atoms with E-state index in [1.807, 2.05) is 52.8 Å². The summed E-state index contributed by atoms with van der Waals surface area (Å²) in [5.74, 6) is -0.790. The summed E-state index contributed by atoms with van der Waals surface area (Å²) >= 11 is 1.72. The summed E-state index contributed by atoms with van der Waals surface area (Å²) < 4.78 is 4.66. The molecule has 0 aromatic heterocycles. The summed E-state index contributed by atoms with van der Waals surface area (Å²) in [6, 6.07) is 8.57. The molecule has 0 aliphatic heterocycles. The Hall–Kier alpha value is -2.32. The minimum atomic E-state index is -0.768. The van der Waals surface area contributed by atoms with Crippen molar-refractivity contribution in [1.82, 2.24) is 15.5 Å². The van der Waals surface area contributed by atoms with Crippen molar-refractivity contribution in [2.45, 2.75) is 97.4 Å². The number of amides is 2. The van der Waals surface area contributed by atoms with E-state index >= 15 is 0 Å². The second kappa shape index (κ2) is 14.9. The molecule has 0 saturated carbocycles. The molecule has 220 valence electrons. The monoisotopic (exact) mass is 561 g/mol. The van der Waals surface area contributed by atoms with Crippen molar-refractivity contribution < 1.29 is 19.1 Å². The van der Waals surface area contributed by atoms with Gasteiger partial charge in [-0.05, 0) is 58.6 Å². The Bertz CT molecular complexity index is 985. The summed E-state index contributed by atoms with van der Waals surface area (Å²) in [5.41, 5.74) is 1.10. The third kappa shape index (κ3) is 9.98. The van der Waals surface area contributed by atoms with Gasteiger partial charge in [0.05, 0.1) is 12.6 Å². The molecule has 0 saturated heterocycles. The summed E-state index contributed by atoms with van der Waals surface area (Å²) in [5, 5.41) is 6.45. The van der Waals surface area contributed by atoms with Gasteiger partial charge in [-0.2, -0.15) is 0 Å². The molecular weight excluding hydrogens is 510 g/mol. The van der Waals surface area contributed by atoms with Gasteiger partial charge in [-0.1, -0.05) is 71.0 Å². The summed E-state index contributed by atoms with van der Waals surface area (Å²) in [7, 11) is 3.50. The SMILES string of the molecule is CCOC(=O)/C(C)=C/[C@H](C(C)C)N(C)C(=O)[C@@H](NC(=O)C(NC)C(C)(C)S[C@H](C)c1ccccc1)C(C)(C)C. The molecule has 8 heteroatoms. The lowest BCUT2D eigenvalue weighted by atomic mass is 9.84. The van der Waals surface area contributed by atoms with E-state index in [0.29, 0.717) is 5.57 Å². The Morgan fingerprint density at radius 3 is 2.05 bits per heavy atom. The van der Waals surface area contributed by atoms with Crippen molar-refractivity contribution >= 4 is 29.5 Å². The number of rotatable bonds is 13. The molecule has 1 unspecified atom stereocenters. The van der Waals surface area contributed by atoms with Crippen molar-refractivity contribution in [3.63, 3.8) is 0 Å². The highest BCUT2D eigenvalue weighted by atomic mass is 32.2. The summed E-state index contributed by atoms with van der Waals surface area (Å²) in [6.07, 6.45) is 1.78. The van der Waals surface area contributed by atoms with Crippen LogP contribution in [-0.4, -0.2) is 66.3 Å². The lowest BCUT2D eigenvalue weighted by molar-refractivity contribution is -0.141. The molecule has 0 aliphatic rings. The van der Waals surface area contributed by atoms with Gasteiger partial charge in [-0.3, -0.25) is 9.59 Å². The van der Waals surface area contributed by atoms with Gasteiger partial charge >= 0.3 is 5.97 Å². The molecule has 4 atom stereocenters. The number of likely N-dealkylation sites (N-methyl/N-ethyl adjacent to an activating group) is 2. The van der Waals surface area contributed by atoms with Crippen LogP contribution in [0.25, 0.3) is 0 Å². The number of carbonyl (C=O) groups is 3. The predicted molar refractivity (Wildman–Crippen MR) is 163 cm³/mol. The van der Waals surface area contributed by atoms with E-state index in [0.717, 1.165) is 0 Å². The van der Waals surface area contributed by atoms with Crippen LogP contribution < -0.4 is 10.6 Å². The number of benzene rings is 1. The number of thioether (sulfide) groups is 1.